The molecule has 2 rings (SSSR count). The van der Waals surface area contributed by atoms with E-state index in [2.05, 4.69) is 35.3 Å². The summed E-state index contributed by atoms with van der Waals surface area (Å²) >= 11 is 0. The molecule has 1 heterocycles. The predicted molar refractivity (Wildman–Crippen MR) is 84.6 cm³/mol. The van der Waals surface area contributed by atoms with E-state index in [0.29, 0.717) is 11.7 Å². The summed E-state index contributed by atoms with van der Waals surface area (Å²) in [6.07, 6.45) is 1.76. The van der Waals surface area contributed by atoms with Crippen molar-refractivity contribution in [3.05, 3.63) is 40.7 Å². The molecular weight excluding hydrogens is 264 g/mol. The molecule has 0 radical (unpaired) electrons. The van der Waals surface area contributed by atoms with Crippen LogP contribution in [-0.4, -0.2) is 9.97 Å². The van der Waals surface area contributed by atoms with Crippen LogP contribution in [-0.2, 0) is 6.42 Å². The molecule has 0 saturated heterocycles. The average Bonchev–Trinajstić information content (AvgIpc) is 2.48. The molecule has 0 amide bonds. The Morgan fingerprint density at radius 2 is 1.86 bits per heavy atom. The number of anilines is 1. The van der Waals surface area contributed by atoms with Gasteiger partial charge in [0.25, 0.3) is 0 Å². The number of nitrogen functional groups attached to an aromatic ring is 1. The smallest absolute Gasteiger partial charge is 0.224 e. The number of nitrogens with one attached hydrogen (secondary N) is 1. The molecule has 0 saturated carbocycles. The highest BCUT2D eigenvalue weighted by Crippen LogP contribution is 2.30. The molecule has 5 heteroatoms. The standard InChI is InChI=1S/C16H22N4O/c1-5-6-13-18-14(20-17)9-15(19-13)21-16-11(3)8-7-10(2)12(16)4/h7-9H,5-6,17H2,1-4H3,(H,18,19,20). The Kier molecular flexibility index (Phi) is 4.75. The molecule has 3 N–H and O–H groups in total. The number of aryl methyl sites for hydroxylation is 3. The molecular formula is C16H22N4O. The van der Waals surface area contributed by atoms with Crippen LogP contribution in [0, 0.1) is 20.8 Å². The highest BCUT2D eigenvalue weighted by molar-refractivity contribution is 5.47. The number of ether oxygens (including phenoxy) is 1. The molecule has 0 aliphatic rings. The summed E-state index contributed by atoms with van der Waals surface area (Å²) in [6, 6.07) is 5.85. The first-order chi connectivity index (χ1) is 10.0. The lowest BCUT2D eigenvalue weighted by Gasteiger charge is -2.14. The number of nitrogens with two attached hydrogens (primary N) is 1. The lowest BCUT2D eigenvalue weighted by Crippen LogP contribution is -2.11. The Hall–Kier alpha value is -2.14. The molecule has 112 valence electrons. The molecule has 1 aromatic carbocycles. The second-order valence-corrected chi connectivity index (χ2v) is 5.16. The summed E-state index contributed by atoms with van der Waals surface area (Å²) < 4.78 is 6.00. The van der Waals surface area contributed by atoms with Gasteiger partial charge in [0.2, 0.25) is 5.88 Å². The van der Waals surface area contributed by atoms with Gasteiger partial charge in [0, 0.05) is 12.5 Å². The van der Waals surface area contributed by atoms with E-state index in [9.17, 15) is 0 Å². The van der Waals surface area contributed by atoms with Crippen LogP contribution in [0.5, 0.6) is 11.6 Å². The minimum absolute atomic E-state index is 0.512. The Labute approximate surface area is 125 Å². The van der Waals surface area contributed by atoms with Crippen LogP contribution in [0.4, 0.5) is 5.82 Å². The number of benzene rings is 1. The molecule has 5 nitrogen and oxygen atoms in total. The monoisotopic (exact) mass is 286 g/mol. The fourth-order valence-corrected chi connectivity index (χ4v) is 2.12. The Morgan fingerprint density at radius 3 is 2.52 bits per heavy atom. The first-order valence-corrected chi connectivity index (χ1v) is 7.14. The lowest BCUT2D eigenvalue weighted by atomic mass is 10.1. The SMILES string of the molecule is CCCc1nc(NN)cc(Oc2c(C)ccc(C)c2C)n1. The van der Waals surface area contributed by atoms with Gasteiger partial charge < -0.3 is 10.2 Å². The molecule has 0 unspecified atom stereocenters. The van der Waals surface area contributed by atoms with Crippen molar-refractivity contribution >= 4 is 5.82 Å². The Bertz CT molecular complexity index is 640. The van der Waals surface area contributed by atoms with Crippen LogP contribution in [0.25, 0.3) is 0 Å². The third-order valence-electron chi connectivity index (χ3n) is 3.45. The van der Waals surface area contributed by atoms with E-state index in [1.807, 2.05) is 19.9 Å². The number of hydrazine groups is 1. The zero-order valence-corrected chi connectivity index (χ0v) is 13.0. The van der Waals surface area contributed by atoms with Gasteiger partial charge in [-0.25, -0.2) is 10.8 Å². The van der Waals surface area contributed by atoms with Crippen molar-refractivity contribution in [1.29, 1.82) is 0 Å². The minimum atomic E-state index is 0.512. The average molecular weight is 286 g/mol. The van der Waals surface area contributed by atoms with Gasteiger partial charge in [0.1, 0.15) is 17.4 Å². The number of rotatable bonds is 5. The highest BCUT2D eigenvalue weighted by Gasteiger charge is 2.11. The number of hydrogen-bond donors (Lipinski definition) is 2. The van der Waals surface area contributed by atoms with Gasteiger partial charge in [-0.2, -0.15) is 4.98 Å². The van der Waals surface area contributed by atoms with Crippen LogP contribution in [0.3, 0.4) is 0 Å². The molecule has 0 aliphatic heterocycles. The van der Waals surface area contributed by atoms with Gasteiger partial charge in [-0.3, -0.25) is 0 Å². The topological polar surface area (TPSA) is 73.1 Å². The van der Waals surface area contributed by atoms with E-state index < -0.39 is 0 Å². The van der Waals surface area contributed by atoms with Crippen molar-refractivity contribution in [2.75, 3.05) is 5.43 Å². The van der Waals surface area contributed by atoms with Gasteiger partial charge in [0.15, 0.2) is 0 Å². The predicted octanol–water partition coefficient (Wildman–Crippen LogP) is 3.43. The Morgan fingerprint density at radius 1 is 1.14 bits per heavy atom. The third-order valence-corrected chi connectivity index (χ3v) is 3.45. The van der Waals surface area contributed by atoms with Crippen molar-refractivity contribution in [2.24, 2.45) is 5.84 Å². The summed E-state index contributed by atoms with van der Waals surface area (Å²) in [6.45, 7) is 8.23. The van der Waals surface area contributed by atoms with Crippen molar-refractivity contribution in [2.45, 2.75) is 40.5 Å². The van der Waals surface area contributed by atoms with Crippen LogP contribution < -0.4 is 16.0 Å². The van der Waals surface area contributed by atoms with Gasteiger partial charge in [0.05, 0.1) is 0 Å². The van der Waals surface area contributed by atoms with E-state index in [0.717, 1.165) is 35.5 Å². The van der Waals surface area contributed by atoms with E-state index >= 15 is 0 Å². The van der Waals surface area contributed by atoms with Crippen LogP contribution in [0.15, 0.2) is 18.2 Å². The van der Waals surface area contributed by atoms with E-state index in [4.69, 9.17) is 10.6 Å². The molecule has 0 bridgehead atoms. The van der Waals surface area contributed by atoms with E-state index in [-0.39, 0.29) is 0 Å². The van der Waals surface area contributed by atoms with Gasteiger partial charge in [-0.15, -0.1) is 0 Å². The maximum atomic E-state index is 6.00. The lowest BCUT2D eigenvalue weighted by molar-refractivity contribution is 0.451. The van der Waals surface area contributed by atoms with E-state index in [1.54, 1.807) is 6.07 Å². The van der Waals surface area contributed by atoms with Crippen LogP contribution in [0.2, 0.25) is 0 Å². The molecule has 0 aliphatic carbocycles. The fourth-order valence-electron chi connectivity index (χ4n) is 2.12. The minimum Gasteiger partial charge on any atom is -0.438 e. The van der Waals surface area contributed by atoms with Crippen molar-refractivity contribution in [3.63, 3.8) is 0 Å². The first kappa shape index (κ1) is 15.3. The maximum absolute atomic E-state index is 6.00. The van der Waals surface area contributed by atoms with Gasteiger partial charge in [-0.1, -0.05) is 19.1 Å². The third kappa shape index (κ3) is 3.49. The van der Waals surface area contributed by atoms with Crippen molar-refractivity contribution < 1.29 is 4.74 Å². The largest absolute Gasteiger partial charge is 0.438 e. The number of aromatic nitrogens is 2. The zero-order chi connectivity index (χ0) is 15.4. The maximum Gasteiger partial charge on any atom is 0.224 e. The molecule has 0 fully saturated rings. The van der Waals surface area contributed by atoms with Crippen molar-refractivity contribution in [3.8, 4) is 11.6 Å². The highest BCUT2D eigenvalue weighted by atomic mass is 16.5. The molecule has 1 aromatic heterocycles. The molecule has 0 atom stereocenters. The number of hydrogen-bond acceptors (Lipinski definition) is 5. The van der Waals surface area contributed by atoms with Gasteiger partial charge >= 0.3 is 0 Å². The zero-order valence-electron chi connectivity index (χ0n) is 13.0. The van der Waals surface area contributed by atoms with E-state index in [1.165, 1.54) is 5.56 Å². The first-order valence-electron chi connectivity index (χ1n) is 7.14. The second-order valence-electron chi connectivity index (χ2n) is 5.16. The van der Waals surface area contributed by atoms with Gasteiger partial charge in [-0.05, 0) is 43.9 Å². The second kappa shape index (κ2) is 6.54. The summed E-state index contributed by atoms with van der Waals surface area (Å²) in [7, 11) is 0. The summed E-state index contributed by atoms with van der Waals surface area (Å²) in [5.41, 5.74) is 5.95. The summed E-state index contributed by atoms with van der Waals surface area (Å²) in [5.74, 6) is 8.11. The van der Waals surface area contributed by atoms with Crippen LogP contribution in [0.1, 0.15) is 35.9 Å². The number of nitrogens with zero attached hydrogens (tertiary/aromatic N) is 2. The molecule has 0 spiro atoms. The summed E-state index contributed by atoms with van der Waals surface area (Å²) in [5, 5.41) is 0. The molecule has 21 heavy (non-hydrogen) atoms. The molecule has 2 aromatic rings. The van der Waals surface area contributed by atoms with Crippen molar-refractivity contribution in [1.82, 2.24) is 9.97 Å². The normalized spacial score (nSPS) is 10.5. The summed E-state index contributed by atoms with van der Waals surface area (Å²) in [4.78, 5) is 8.77. The Balaban J connectivity index is 2.39. The fraction of sp³-hybridized carbons (Fsp3) is 0.375. The quantitative estimate of drug-likeness (QED) is 0.650. The van der Waals surface area contributed by atoms with Crippen LogP contribution >= 0.6 is 0 Å².